The van der Waals surface area contributed by atoms with Crippen LogP contribution in [0.2, 0.25) is 0 Å². The van der Waals surface area contributed by atoms with Crippen LogP contribution in [0.5, 0.6) is 0 Å². The number of piperidine rings is 1. The molecule has 2 heterocycles. The van der Waals surface area contributed by atoms with Gasteiger partial charge in [-0.05, 0) is 49.6 Å². The maximum Gasteiger partial charge on any atom is 0.234 e. The summed E-state index contributed by atoms with van der Waals surface area (Å²) in [5.41, 5.74) is 0. The highest BCUT2D eigenvalue weighted by Gasteiger charge is 2.26. The lowest BCUT2D eigenvalue weighted by Crippen LogP contribution is -2.49. The number of carbonyl (C=O) groups excluding carboxylic acids is 2. The summed E-state index contributed by atoms with van der Waals surface area (Å²) in [4.78, 5) is 30.5. The minimum absolute atomic E-state index is 0.00529. The fraction of sp³-hybridized carbons (Fsp3) is 0.632. The number of aromatic nitrogens is 1. The Balaban J connectivity index is 1.50. The Labute approximate surface area is 170 Å². The van der Waals surface area contributed by atoms with E-state index in [1.807, 2.05) is 18.2 Å². The van der Waals surface area contributed by atoms with Crippen molar-refractivity contribution in [2.45, 2.75) is 56.6 Å². The van der Waals surface area contributed by atoms with Gasteiger partial charge in [-0.3, -0.25) is 14.5 Å². The molecule has 2 rings (SSSR count). The van der Waals surface area contributed by atoms with Gasteiger partial charge in [-0.15, -0.1) is 0 Å². The van der Waals surface area contributed by atoms with Crippen LogP contribution in [-0.2, 0) is 9.59 Å². The van der Waals surface area contributed by atoms with Crippen molar-refractivity contribution < 1.29 is 9.59 Å². The molecular formula is C19H30N4O2S2. The first-order valence-electron chi connectivity index (χ1n) is 9.56. The second kappa shape index (κ2) is 12.3. The second-order valence-electron chi connectivity index (χ2n) is 6.82. The summed E-state index contributed by atoms with van der Waals surface area (Å²) in [7, 11) is 3.26. The normalized spacial score (nSPS) is 20.2. The van der Waals surface area contributed by atoms with Crippen LogP contribution in [0.15, 0.2) is 29.4 Å². The standard InChI is InChI=1S/C19H30N4O2S2/c1-15-6-5-7-16(2)23(15)14-18(25)20-11-9-17(24)21-12-13-26-27-19-8-3-4-10-22-19/h3-4,8,10,15-16H,5-7,9,11-14H2,1-2H3,(H,20,25)(H,21,24)/t15-,16+/i1+1,15+1,16+1,20+1/m0/s1. The first kappa shape index (κ1) is 22.0. The fourth-order valence-corrected chi connectivity index (χ4v) is 4.93. The number of nitrogens with one attached hydrogen (secondary N) is 2. The third kappa shape index (κ3) is 8.53. The number of carbonyl (C=O) groups is 2. The molecule has 1 aliphatic heterocycles. The largest absolute Gasteiger partial charge is 0.355 e. The zero-order valence-corrected chi connectivity index (χ0v) is 17.8. The van der Waals surface area contributed by atoms with Gasteiger partial charge in [0, 0.05) is 43.5 Å². The zero-order chi connectivity index (χ0) is 19.5. The SMILES string of the molecule is C[13C@@H]1CCC[13C@H]([13CH3])N1CC(=O)[15NH]CCC(=O)NCCSSc1ccccn1. The average molecular weight is 415 g/mol. The van der Waals surface area contributed by atoms with Crippen LogP contribution in [0.4, 0.5) is 0 Å². The van der Waals surface area contributed by atoms with Gasteiger partial charge in [0.15, 0.2) is 0 Å². The van der Waals surface area contributed by atoms with Crippen LogP contribution in [0.25, 0.3) is 0 Å². The summed E-state index contributed by atoms with van der Waals surface area (Å²) in [5, 5.41) is 6.72. The van der Waals surface area contributed by atoms with E-state index >= 15 is 0 Å². The first-order chi connectivity index (χ1) is 13.1. The van der Waals surface area contributed by atoms with Crippen LogP contribution in [0.1, 0.15) is 39.5 Å². The van der Waals surface area contributed by atoms with Gasteiger partial charge in [-0.2, -0.15) is 0 Å². The summed E-state index contributed by atoms with van der Waals surface area (Å²) in [6, 6.07) is 6.71. The van der Waals surface area contributed by atoms with Crippen LogP contribution >= 0.6 is 21.6 Å². The molecule has 0 aromatic carbocycles. The van der Waals surface area contributed by atoms with Crippen LogP contribution < -0.4 is 10.6 Å². The molecule has 2 amide bonds. The molecule has 150 valence electrons. The number of pyridine rings is 1. The van der Waals surface area contributed by atoms with Crippen LogP contribution in [0.3, 0.4) is 0 Å². The first-order valence-corrected chi connectivity index (χ1v) is 11.9. The Morgan fingerprint density at radius 3 is 2.59 bits per heavy atom. The van der Waals surface area contributed by atoms with E-state index in [2.05, 4.69) is 34.4 Å². The minimum atomic E-state index is -0.0292. The van der Waals surface area contributed by atoms with Crippen molar-refractivity contribution in [3.05, 3.63) is 24.4 Å². The Morgan fingerprint density at radius 2 is 1.89 bits per heavy atom. The summed E-state index contributed by atoms with van der Waals surface area (Å²) in [5.74, 6) is 0.786. The number of hydrogen-bond donors (Lipinski definition) is 2. The molecule has 8 heteroatoms. The summed E-state index contributed by atoms with van der Waals surface area (Å²) in [6.07, 6.45) is 5.62. The lowest BCUT2D eigenvalue weighted by molar-refractivity contribution is -0.124. The fourth-order valence-electron chi connectivity index (χ4n) is 3.14. The van der Waals surface area contributed by atoms with E-state index in [4.69, 9.17) is 0 Å². The minimum Gasteiger partial charge on any atom is -0.355 e. The molecule has 0 spiro atoms. The second-order valence-corrected chi connectivity index (χ2v) is 9.26. The zero-order valence-electron chi connectivity index (χ0n) is 16.1. The van der Waals surface area contributed by atoms with Crippen molar-refractivity contribution >= 4 is 33.4 Å². The monoisotopic (exact) mass is 414 g/mol. The molecular weight excluding hydrogens is 384 g/mol. The molecule has 0 unspecified atom stereocenters. The lowest BCUT2D eigenvalue weighted by atomic mass is 10.2. The maximum absolute atomic E-state index is 12.1. The van der Waals surface area contributed by atoms with E-state index in [-0.39, 0.29) is 11.8 Å². The molecule has 1 aromatic heterocycles. The highest BCUT2D eigenvalue weighted by molar-refractivity contribution is 8.76. The van der Waals surface area contributed by atoms with Gasteiger partial charge in [0.1, 0.15) is 5.03 Å². The quantitative estimate of drug-likeness (QED) is 0.265. The summed E-state index contributed by atoms with van der Waals surface area (Å²) in [6.45, 7) is 5.78. The van der Waals surface area contributed by atoms with Crippen molar-refractivity contribution in [1.29, 1.82) is 0 Å². The van der Waals surface area contributed by atoms with Gasteiger partial charge in [-0.25, -0.2) is 4.98 Å². The van der Waals surface area contributed by atoms with E-state index in [0.717, 1.165) is 23.6 Å². The Morgan fingerprint density at radius 1 is 1.15 bits per heavy atom. The van der Waals surface area contributed by atoms with Gasteiger partial charge in [-0.1, -0.05) is 23.3 Å². The van der Waals surface area contributed by atoms with E-state index < -0.39 is 0 Å². The highest BCUT2D eigenvalue weighted by atomic mass is 33.1. The Hall–Kier alpha value is -1.25. The Kier molecular flexibility index (Phi) is 10.0. The van der Waals surface area contributed by atoms with Gasteiger partial charge in [0.05, 0.1) is 6.54 Å². The van der Waals surface area contributed by atoms with Gasteiger partial charge >= 0.3 is 0 Å². The number of nitrogens with zero attached hydrogens (tertiary/aromatic N) is 2. The summed E-state index contributed by atoms with van der Waals surface area (Å²) >= 11 is 0. The van der Waals surface area contributed by atoms with Gasteiger partial charge < -0.3 is 10.6 Å². The van der Waals surface area contributed by atoms with E-state index in [1.54, 1.807) is 27.8 Å². The topological polar surface area (TPSA) is 74.3 Å². The molecule has 0 bridgehead atoms. The third-order valence-corrected chi connectivity index (χ3v) is 6.93. The molecule has 0 saturated carbocycles. The molecule has 0 aliphatic carbocycles. The molecule has 2 N–H and O–H groups in total. The molecule has 1 aromatic rings. The number of likely N-dealkylation sites (tertiary alicyclic amines) is 1. The van der Waals surface area contributed by atoms with Gasteiger partial charge in [0.2, 0.25) is 11.8 Å². The van der Waals surface area contributed by atoms with E-state index in [1.165, 1.54) is 6.42 Å². The number of rotatable bonds is 10. The molecule has 1 aliphatic rings. The van der Waals surface area contributed by atoms with Crippen LogP contribution in [0, 0.1) is 0 Å². The molecule has 2 atom stereocenters. The molecule has 27 heavy (non-hydrogen) atoms. The maximum atomic E-state index is 12.1. The average Bonchev–Trinajstić information content (AvgIpc) is 2.65. The predicted molar refractivity (Wildman–Crippen MR) is 113 cm³/mol. The van der Waals surface area contributed by atoms with Crippen molar-refractivity contribution in [2.24, 2.45) is 0 Å². The van der Waals surface area contributed by atoms with E-state index in [0.29, 0.717) is 38.1 Å². The van der Waals surface area contributed by atoms with Crippen molar-refractivity contribution in [1.82, 2.24) is 20.5 Å². The van der Waals surface area contributed by atoms with Crippen molar-refractivity contribution in [2.75, 3.05) is 25.4 Å². The van der Waals surface area contributed by atoms with E-state index in [9.17, 15) is 9.59 Å². The van der Waals surface area contributed by atoms with Gasteiger partial charge in [0.25, 0.3) is 0 Å². The smallest absolute Gasteiger partial charge is 0.234 e. The molecule has 1 fully saturated rings. The predicted octanol–water partition coefficient (Wildman–Crippen LogP) is 2.71. The Bertz CT molecular complexity index is 578. The van der Waals surface area contributed by atoms with Crippen LogP contribution in [-0.4, -0.2) is 59.2 Å². The summed E-state index contributed by atoms with van der Waals surface area (Å²) < 4.78 is 0. The highest BCUT2D eigenvalue weighted by Crippen LogP contribution is 2.28. The van der Waals surface area contributed by atoms with Crippen molar-refractivity contribution in [3.8, 4) is 0 Å². The lowest BCUT2D eigenvalue weighted by Gasteiger charge is -2.38. The third-order valence-electron chi connectivity index (χ3n) is 4.67. The van der Waals surface area contributed by atoms with Crippen molar-refractivity contribution in [3.63, 3.8) is 0 Å². The molecule has 1 saturated heterocycles. The molecule has 6 nitrogen and oxygen atoms in total. The number of amides is 2. The number of hydrogen-bond acceptors (Lipinski definition) is 6. The molecule has 0 radical (unpaired) electrons.